The number of carbonyl (C=O) groups is 1. The standard InChI is InChI=1S/C17H18F2N2O3S/c1-3-7-25(23,24)21-16-6-4-5-15(11(16)2)20-17(22)12-8-13(18)10-14(19)9-12/h4-6,8-10,21H,3,7H2,1-2H3,(H,20,22). The topological polar surface area (TPSA) is 75.3 Å². The van der Waals surface area contributed by atoms with E-state index in [0.29, 0.717) is 29.4 Å². The van der Waals surface area contributed by atoms with Gasteiger partial charge in [0.2, 0.25) is 10.0 Å². The average molecular weight is 368 g/mol. The minimum Gasteiger partial charge on any atom is -0.322 e. The molecule has 2 N–H and O–H groups in total. The fraction of sp³-hybridized carbons (Fsp3) is 0.235. The molecule has 134 valence electrons. The van der Waals surface area contributed by atoms with Gasteiger partial charge in [-0.25, -0.2) is 17.2 Å². The average Bonchev–Trinajstić information content (AvgIpc) is 2.50. The van der Waals surface area contributed by atoms with Gasteiger partial charge in [0.25, 0.3) is 5.91 Å². The molecule has 5 nitrogen and oxygen atoms in total. The van der Waals surface area contributed by atoms with Crippen LogP contribution in [-0.4, -0.2) is 20.1 Å². The molecule has 0 atom stereocenters. The Morgan fingerprint density at radius 1 is 1.08 bits per heavy atom. The molecule has 0 saturated heterocycles. The van der Waals surface area contributed by atoms with Gasteiger partial charge in [0.05, 0.1) is 11.4 Å². The van der Waals surface area contributed by atoms with Crippen LogP contribution in [0.25, 0.3) is 0 Å². The lowest BCUT2D eigenvalue weighted by Crippen LogP contribution is -2.18. The van der Waals surface area contributed by atoms with Gasteiger partial charge in [-0.1, -0.05) is 13.0 Å². The molecule has 0 fully saturated rings. The summed E-state index contributed by atoms with van der Waals surface area (Å²) in [5.41, 5.74) is 0.990. The predicted octanol–water partition coefficient (Wildman–Crippen LogP) is 3.68. The summed E-state index contributed by atoms with van der Waals surface area (Å²) in [6.07, 6.45) is 0.468. The van der Waals surface area contributed by atoms with Crippen molar-refractivity contribution >= 4 is 27.3 Å². The van der Waals surface area contributed by atoms with Gasteiger partial charge >= 0.3 is 0 Å². The van der Waals surface area contributed by atoms with Crippen molar-refractivity contribution < 1.29 is 22.0 Å². The summed E-state index contributed by atoms with van der Waals surface area (Å²) >= 11 is 0. The third-order valence-corrected chi connectivity index (χ3v) is 4.92. The van der Waals surface area contributed by atoms with Gasteiger partial charge in [0.15, 0.2) is 0 Å². The summed E-state index contributed by atoms with van der Waals surface area (Å²) in [4.78, 5) is 12.2. The molecule has 1 amide bonds. The quantitative estimate of drug-likeness (QED) is 0.817. The fourth-order valence-electron chi connectivity index (χ4n) is 2.25. The molecular formula is C17H18F2N2O3S. The van der Waals surface area contributed by atoms with Gasteiger partial charge in [-0.15, -0.1) is 0 Å². The molecule has 2 aromatic rings. The summed E-state index contributed by atoms with van der Waals surface area (Å²) in [5.74, 6) is -2.44. The molecule has 0 aliphatic rings. The van der Waals surface area contributed by atoms with E-state index in [1.165, 1.54) is 0 Å². The molecule has 0 bridgehead atoms. The summed E-state index contributed by atoms with van der Waals surface area (Å²) in [7, 11) is -3.48. The van der Waals surface area contributed by atoms with Crippen molar-refractivity contribution in [3.63, 3.8) is 0 Å². The molecule has 0 spiro atoms. The Morgan fingerprint density at radius 3 is 2.28 bits per heavy atom. The first-order valence-corrected chi connectivity index (χ1v) is 9.24. The lowest BCUT2D eigenvalue weighted by molar-refractivity contribution is 0.102. The third kappa shape index (κ3) is 4.99. The number of benzene rings is 2. The Morgan fingerprint density at radius 2 is 1.68 bits per heavy atom. The SMILES string of the molecule is CCCS(=O)(=O)Nc1cccc(NC(=O)c2cc(F)cc(F)c2)c1C. The summed E-state index contributed by atoms with van der Waals surface area (Å²) in [6.45, 7) is 3.38. The van der Waals surface area contributed by atoms with Crippen LogP contribution in [0.2, 0.25) is 0 Å². The van der Waals surface area contributed by atoms with Gasteiger partial charge in [0.1, 0.15) is 11.6 Å². The number of halogens is 2. The predicted molar refractivity (Wildman–Crippen MR) is 93.2 cm³/mol. The van der Waals surface area contributed by atoms with Crippen molar-refractivity contribution in [2.45, 2.75) is 20.3 Å². The minimum absolute atomic E-state index is 0.0222. The number of rotatable bonds is 6. The Labute approximate surface area is 145 Å². The lowest BCUT2D eigenvalue weighted by atomic mass is 10.1. The number of anilines is 2. The molecule has 25 heavy (non-hydrogen) atoms. The highest BCUT2D eigenvalue weighted by molar-refractivity contribution is 7.92. The minimum atomic E-state index is -3.48. The number of nitrogens with one attached hydrogen (secondary N) is 2. The Hall–Kier alpha value is -2.48. The van der Waals surface area contributed by atoms with Crippen molar-refractivity contribution in [2.24, 2.45) is 0 Å². The molecule has 8 heteroatoms. The van der Waals surface area contributed by atoms with E-state index in [9.17, 15) is 22.0 Å². The summed E-state index contributed by atoms with van der Waals surface area (Å²) in [5, 5.41) is 2.53. The van der Waals surface area contributed by atoms with Crippen LogP contribution in [0, 0.1) is 18.6 Å². The number of hydrogen-bond acceptors (Lipinski definition) is 3. The lowest BCUT2D eigenvalue weighted by Gasteiger charge is -2.14. The normalized spacial score (nSPS) is 11.2. The van der Waals surface area contributed by atoms with E-state index in [-0.39, 0.29) is 11.3 Å². The second-order valence-corrected chi connectivity index (χ2v) is 7.35. The van der Waals surface area contributed by atoms with Gasteiger partial charge in [-0.3, -0.25) is 9.52 Å². The number of hydrogen-bond donors (Lipinski definition) is 2. The molecular weight excluding hydrogens is 350 g/mol. The smallest absolute Gasteiger partial charge is 0.255 e. The highest BCUT2D eigenvalue weighted by Gasteiger charge is 2.15. The van der Waals surface area contributed by atoms with Crippen LogP contribution in [0.15, 0.2) is 36.4 Å². The number of amides is 1. The second-order valence-electron chi connectivity index (χ2n) is 5.51. The van der Waals surface area contributed by atoms with Crippen LogP contribution >= 0.6 is 0 Å². The van der Waals surface area contributed by atoms with E-state index in [4.69, 9.17) is 0 Å². The van der Waals surface area contributed by atoms with E-state index in [1.807, 2.05) is 0 Å². The second kappa shape index (κ2) is 7.60. The largest absolute Gasteiger partial charge is 0.322 e. The van der Waals surface area contributed by atoms with Crippen molar-refractivity contribution in [1.82, 2.24) is 0 Å². The fourth-order valence-corrected chi connectivity index (χ4v) is 3.44. The monoisotopic (exact) mass is 368 g/mol. The van der Waals surface area contributed by atoms with E-state index < -0.39 is 27.6 Å². The molecule has 2 rings (SSSR count). The molecule has 0 unspecified atom stereocenters. The number of sulfonamides is 1. The molecule has 0 aliphatic carbocycles. The van der Waals surface area contributed by atoms with Gasteiger partial charge in [-0.05, 0) is 43.2 Å². The molecule has 0 radical (unpaired) electrons. The third-order valence-electron chi connectivity index (χ3n) is 3.45. The van der Waals surface area contributed by atoms with Crippen LogP contribution in [0.5, 0.6) is 0 Å². The summed E-state index contributed by atoms with van der Waals surface area (Å²) < 4.78 is 52.7. The van der Waals surface area contributed by atoms with E-state index in [2.05, 4.69) is 10.0 Å². The molecule has 0 heterocycles. The van der Waals surface area contributed by atoms with Crippen LogP contribution in [0.1, 0.15) is 29.3 Å². The zero-order chi connectivity index (χ0) is 18.6. The van der Waals surface area contributed by atoms with Gasteiger partial charge < -0.3 is 5.32 Å². The van der Waals surface area contributed by atoms with Crippen LogP contribution in [0.3, 0.4) is 0 Å². The molecule has 0 aliphatic heterocycles. The maximum atomic E-state index is 13.2. The van der Waals surface area contributed by atoms with E-state index in [0.717, 1.165) is 12.1 Å². The Kier molecular flexibility index (Phi) is 5.73. The zero-order valence-electron chi connectivity index (χ0n) is 13.8. The van der Waals surface area contributed by atoms with Gasteiger partial charge in [0, 0.05) is 17.3 Å². The molecule has 0 saturated carbocycles. The van der Waals surface area contributed by atoms with Crippen LogP contribution < -0.4 is 10.0 Å². The highest BCUT2D eigenvalue weighted by atomic mass is 32.2. The number of carbonyl (C=O) groups excluding carboxylic acids is 1. The maximum absolute atomic E-state index is 13.2. The van der Waals surface area contributed by atoms with Crippen LogP contribution in [0.4, 0.5) is 20.2 Å². The summed E-state index contributed by atoms with van der Waals surface area (Å²) in [6, 6.07) is 7.22. The Balaban J connectivity index is 2.26. The van der Waals surface area contributed by atoms with E-state index >= 15 is 0 Å². The van der Waals surface area contributed by atoms with Gasteiger partial charge in [-0.2, -0.15) is 0 Å². The molecule has 2 aromatic carbocycles. The highest BCUT2D eigenvalue weighted by Crippen LogP contribution is 2.25. The van der Waals surface area contributed by atoms with Crippen LogP contribution in [-0.2, 0) is 10.0 Å². The van der Waals surface area contributed by atoms with Crippen molar-refractivity contribution in [3.05, 3.63) is 59.2 Å². The first-order valence-electron chi connectivity index (χ1n) is 7.59. The van der Waals surface area contributed by atoms with Crippen molar-refractivity contribution in [2.75, 3.05) is 15.8 Å². The Bertz CT molecular complexity index is 879. The molecule has 0 aromatic heterocycles. The first kappa shape index (κ1) is 18.9. The maximum Gasteiger partial charge on any atom is 0.255 e. The van der Waals surface area contributed by atoms with Crippen molar-refractivity contribution in [3.8, 4) is 0 Å². The van der Waals surface area contributed by atoms with E-state index in [1.54, 1.807) is 32.0 Å². The van der Waals surface area contributed by atoms with Crippen molar-refractivity contribution in [1.29, 1.82) is 0 Å². The zero-order valence-corrected chi connectivity index (χ0v) is 14.6. The first-order chi connectivity index (χ1) is 11.7.